The molecule has 0 fully saturated rings. The molecule has 0 amide bonds. The van der Waals surface area contributed by atoms with Gasteiger partial charge in [-0.15, -0.1) is 11.6 Å². The van der Waals surface area contributed by atoms with Crippen molar-refractivity contribution in [2.45, 2.75) is 19.8 Å². The van der Waals surface area contributed by atoms with Crippen LogP contribution in [0.25, 0.3) is 0 Å². The number of halogens is 1. The van der Waals surface area contributed by atoms with Crippen molar-refractivity contribution in [2.75, 3.05) is 12.5 Å². The van der Waals surface area contributed by atoms with Crippen LogP contribution >= 0.6 is 11.6 Å². The fraction of sp³-hybridized carbons (Fsp3) is 0.353. The molecule has 1 aromatic heterocycles. The lowest BCUT2D eigenvalue weighted by Gasteiger charge is -2.09. The first kappa shape index (κ1) is 15.5. The van der Waals surface area contributed by atoms with Gasteiger partial charge < -0.3 is 4.74 Å². The normalized spacial score (nSPS) is 10.0. The number of hydrogen-bond donors (Lipinski definition) is 0. The number of hydrogen-bond acceptors (Lipinski definition) is 2. The largest absolute Gasteiger partial charge is 0.493 e. The highest BCUT2D eigenvalue weighted by molar-refractivity contribution is 6.18. The average Bonchev–Trinajstić information content (AvgIpc) is 2.87. The van der Waals surface area contributed by atoms with Gasteiger partial charge in [-0.05, 0) is 36.8 Å². The van der Waals surface area contributed by atoms with Crippen molar-refractivity contribution in [1.82, 2.24) is 9.78 Å². The molecule has 0 aliphatic rings. The lowest BCUT2D eigenvalue weighted by molar-refractivity contribution is 0.316. The van der Waals surface area contributed by atoms with Crippen molar-refractivity contribution in [2.24, 2.45) is 7.05 Å². The third-order valence-electron chi connectivity index (χ3n) is 3.17. The Morgan fingerprint density at radius 3 is 2.86 bits per heavy atom. The Labute approximate surface area is 130 Å². The molecule has 2 rings (SSSR count). The number of benzene rings is 1. The van der Waals surface area contributed by atoms with Gasteiger partial charge >= 0.3 is 0 Å². The second kappa shape index (κ2) is 7.75. The van der Waals surface area contributed by atoms with E-state index in [0.717, 1.165) is 29.0 Å². The molecule has 1 heterocycles. The Kier molecular flexibility index (Phi) is 5.71. The molecule has 0 atom stereocenters. The molecule has 2 aromatic rings. The van der Waals surface area contributed by atoms with E-state index < -0.39 is 0 Å². The number of aromatic nitrogens is 2. The molecule has 0 saturated heterocycles. The van der Waals surface area contributed by atoms with Gasteiger partial charge in [0.15, 0.2) is 0 Å². The molecule has 0 unspecified atom stereocenters. The van der Waals surface area contributed by atoms with Crippen LogP contribution in [0.3, 0.4) is 0 Å². The summed E-state index contributed by atoms with van der Waals surface area (Å²) in [6, 6.07) is 8.00. The van der Waals surface area contributed by atoms with Gasteiger partial charge in [-0.25, -0.2) is 0 Å². The molecule has 21 heavy (non-hydrogen) atoms. The zero-order valence-corrected chi connectivity index (χ0v) is 13.2. The number of alkyl halides is 1. The number of aryl methyl sites for hydroxylation is 2. The van der Waals surface area contributed by atoms with E-state index in [0.29, 0.717) is 18.9 Å². The van der Waals surface area contributed by atoms with Gasteiger partial charge in [0.2, 0.25) is 0 Å². The van der Waals surface area contributed by atoms with Crippen LogP contribution in [0.2, 0.25) is 0 Å². The smallest absolute Gasteiger partial charge is 0.122 e. The first-order valence-electron chi connectivity index (χ1n) is 6.96. The van der Waals surface area contributed by atoms with Gasteiger partial charge in [0, 0.05) is 43.2 Å². The second-order valence-corrected chi connectivity index (χ2v) is 5.14. The summed E-state index contributed by atoms with van der Waals surface area (Å²) in [5, 5.41) is 4.14. The minimum atomic E-state index is 0.571. The standard InChI is InChI=1S/C17H19ClN2O/c1-14-13-15(5-3-4-10-18)6-7-17(14)21-12-9-16-8-11-19-20(16)2/h6-8,11,13H,4,9-10,12H2,1-2H3. The minimum Gasteiger partial charge on any atom is -0.493 e. The molecular weight excluding hydrogens is 284 g/mol. The van der Waals surface area contributed by atoms with Crippen LogP contribution < -0.4 is 4.74 Å². The maximum atomic E-state index is 5.84. The second-order valence-electron chi connectivity index (χ2n) is 4.77. The summed E-state index contributed by atoms with van der Waals surface area (Å²) in [5.74, 6) is 7.60. The van der Waals surface area contributed by atoms with Crippen molar-refractivity contribution in [3.05, 3.63) is 47.3 Å². The number of ether oxygens (including phenoxy) is 1. The molecule has 1 aromatic carbocycles. The van der Waals surface area contributed by atoms with Gasteiger partial charge in [0.05, 0.1) is 6.61 Å². The Morgan fingerprint density at radius 2 is 2.19 bits per heavy atom. The third-order valence-corrected chi connectivity index (χ3v) is 3.35. The summed E-state index contributed by atoms with van der Waals surface area (Å²) in [4.78, 5) is 0. The Balaban J connectivity index is 1.92. The summed E-state index contributed by atoms with van der Waals surface area (Å²) >= 11 is 5.61. The quantitative estimate of drug-likeness (QED) is 0.626. The summed E-state index contributed by atoms with van der Waals surface area (Å²) in [6.07, 6.45) is 3.35. The van der Waals surface area contributed by atoms with Crippen LogP contribution in [0.5, 0.6) is 5.75 Å². The van der Waals surface area contributed by atoms with Crippen LogP contribution in [0, 0.1) is 18.8 Å². The van der Waals surface area contributed by atoms with E-state index in [1.807, 2.05) is 42.9 Å². The van der Waals surface area contributed by atoms with E-state index in [1.165, 1.54) is 0 Å². The van der Waals surface area contributed by atoms with E-state index in [-0.39, 0.29) is 0 Å². The fourth-order valence-corrected chi connectivity index (χ4v) is 2.11. The van der Waals surface area contributed by atoms with Crippen molar-refractivity contribution in [1.29, 1.82) is 0 Å². The predicted molar refractivity (Wildman–Crippen MR) is 85.8 cm³/mol. The lowest BCUT2D eigenvalue weighted by atomic mass is 10.1. The third kappa shape index (κ3) is 4.54. The van der Waals surface area contributed by atoms with Crippen LogP contribution in [0.1, 0.15) is 23.2 Å². The van der Waals surface area contributed by atoms with E-state index >= 15 is 0 Å². The highest BCUT2D eigenvalue weighted by Crippen LogP contribution is 2.19. The zero-order chi connectivity index (χ0) is 15.1. The molecule has 0 saturated carbocycles. The van der Waals surface area contributed by atoms with Crippen molar-refractivity contribution in [3.63, 3.8) is 0 Å². The molecule has 0 aliphatic carbocycles. The lowest BCUT2D eigenvalue weighted by Crippen LogP contribution is -2.06. The Hall–Kier alpha value is -1.92. The van der Waals surface area contributed by atoms with E-state index in [4.69, 9.17) is 16.3 Å². The topological polar surface area (TPSA) is 27.1 Å². The van der Waals surface area contributed by atoms with Gasteiger partial charge in [-0.3, -0.25) is 4.68 Å². The summed E-state index contributed by atoms with van der Waals surface area (Å²) in [7, 11) is 1.94. The Bertz CT molecular complexity index is 652. The summed E-state index contributed by atoms with van der Waals surface area (Å²) in [6.45, 7) is 2.67. The molecule has 3 nitrogen and oxygen atoms in total. The van der Waals surface area contributed by atoms with Crippen LogP contribution in [0.4, 0.5) is 0 Å². The molecule has 0 spiro atoms. The van der Waals surface area contributed by atoms with E-state index in [2.05, 4.69) is 16.9 Å². The summed E-state index contributed by atoms with van der Waals surface area (Å²) in [5.41, 5.74) is 3.26. The fourth-order valence-electron chi connectivity index (χ4n) is 2.01. The maximum absolute atomic E-state index is 5.84. The van der Waals surface area contributed by atoms with Crippen LogP contribution in [0.15, 0.2) is 30.5 Å². The van der Waals surface area contributed by atoms with Crippen molar-refractivity contribution in [3.8, 4) is 17.6 Å². The first-order valence-corrected chi connectivity index (χ1v) is 7.49. The van der Waals surface area contributed by atoms with Crippen LogP contribution in [-0.4, -0.2) is 22.3 Å². The van der Waals surface area contributed by atoms with Crippen molar-refractivity contribution >= 4 is 11.6 Å². The molecule has 0 aliphatic heterocycles. The molecule has 0 radical (unpaired) electrons. The Morgan fingerprint density at radius 1 is 1.33 bits per heavy atom. The monoisotopic (exact) mass is 302 g/mol. The maximum Gasteiger partial charge on any atom is 0.122 e. The number of nitrogens with zero attached hydrogens (tertiary/aromatic N) is 2. The SMILES string of the molecule is Cc1cc(C#CCCCl)ccc1OCCc1ccnn1C. The summed E-state index contributed by atoms with van der Waals surface area (Å²) < 4.78 is 7.70. The van der Waals surface area contributed by atoms with Gasteiger partial charge in [0.25, 0.3) is 0 Å². The van der Waals surface area contributed by atoms with Crippen molar-refractivity contribution < 1.29 is 4.74 Å². The van der Waals surface area contributed by atoms with E-state index in [1.54, 1.807) is 6.20 Å². The predicted octanol–water partition coefficient (Wildman–Crippen LogP) is 3.33. The molecule has 110 valence electrons. The highest BCUT2D eigenvalue weighted by atomic mass is 35.5. The average molecular weight is 303 g/mol. The van der Waals surface area contributed by atoms with Gasteiger partial charge in [0.1, 0.15) is 5.75 Å². The van der Waals surface area contributed by atoms with E-state index in [9.17, 15) is 0 Å². The first-order chi connectivity index (χ1) is 10.2. The van der Waals surface area contributed by atoms with Gasteiger partial charge in [-0.2, -0.15) is 5.10 Å². The molecular formula is C17H19ClN2O. The zero-order valence-electron chi connectivity index (χ0n) is 12.4. The highest BCUT2D eigenvalue weighted by Gasteiger charge is 2.02. The minimum absolute atomic E-state index is 0.571. The van der Waals surface area contributed by atoms with Gasteiger partial charge in [-0.1, -0.05) is 11.8 Å². The molecule has 0 N–H and O–H groups in total. The van der Waals surface area contributed by atoms with Crippen LogP contribution in [-0.2, 0) is 13.5 Å². The molecule has 0 bridgehead atoms. The number of rotatable bonds is 5. The molecule has 4 heteroatoms.